The van der Waals surface area contributed by atoms with Gasteiger partial charge >= 0.3 is 102 Å². The van der Waals surface area contributed by atoms with Gasteiger partial charge < -0.3 is 0 Å². The summed E-state index contributed by atoms with van der Waals surface area (Å²) in [6.45, 7) is 0. The Labute approximate surface area is 101 Å². The molecular formula is C5H12BiCl3Se2. The number of halogens is 3. The van der Waals surface area contributed by atoms with Crippen LogP contribution < -0.4 is 0 Å². The number of hydrogen-bond donors (Lipinski definition) is 0. The predicted molar refractivity (Wildman–Crippen MR) is 60.8 cm³/mol. The Morgan fingerprint density at radius 2 is 1.27 bits per heavy atom. The van der Waals surface area contributed by atoms with Crippen molar-refractivity contribution in [3.8, 4) is 0 Å². The van der Waals surface area contributed by atoms with Crippen molar-refractivity contribution in [2.75, 3.05) is 0 Å². The van der Waals surface area contributed by atoms with Gasteiger partial charge in [0, 0.05) is 0 Å². The molecule has 0 aliphatic carbocycles. The fourth-order valence-electron chi connectivity index (χ4n) is 0.348. The van der Waals surface area contributed by atoms with Crippen molar-refractivity contribution in [3.63, 3.8) is 0 Å². The predicted octanol–water partition coefficient (Wildman–Crippen LogP) is 3.41. The third-order valence-electron chi connectivity index (χ3n) is 0.697. The molecule has 0 N–H and O–H groups in total. The van der Waals surface area contributed by atoms with E-state index in [1.54, 1.807) is 0 Å². The van der Waals surface area contributed by atoms with Crippen LogP contribution in [0.25, 0.3) is 0 Å². The summed E-state index contributed by atoms with van der Waals surface area (Å²) in [5.74, 6) is 4.63. The van der Waals surface area contributed by atoms with E-state index in [2.05, 4.69) is 11.6 Å². The van der Waals surface area contributed by atoms with Crippen LogP contribution in [0.5, 0.6) is 0 Å². The van der Waals surface area contributed by atoms with Gasteiger partial charge in [0.25, 0.3) is 0 Å². The molecule has 0 saturated heterocycles. The molecule has 11 heavy (non-hydrogen) atoms. The Morgan fingerprint density at radius 3 is 1.45 bits per heavy atom. The molecule has 0 unspecified atom stereocenters. The zero-order valence-electron chi connectivity index (χ0n) is 6.52. The summed E-state index contributed by atoms with van der Waals surface area (Å²) in [6, 6.07) is 0. The second-order valence-corrected chi connectivity index (χ2v) is 20.6. The molecule has 0 radical (unpaired) electrons. The van der Waals surface area contributed by atoms with Crippen LogP contribution in [0.3, 0.4) is 0 Å². The standard InChI is InChI=1S/C5H12Se2.Bi.3ClH/c1-6-4-3-5-7-2;;;;/h3-5H2,1-2H3;;3*1H/q;+3;;;/p-3. The molecule has 0 rings (SSSR count). The molecule has 0 aliphatic heterocycles. The summed E-state index contributed by atoms with van der Waals surface area (Å²) in [5, 5.41) is 3.01. The summed E-state index contributed by atoms with van der Waals surface area (Å²) >= 11 is -0.304. The van der Waals surface area contributed by atoms with E-state index in [9.17, 15) is 0 Å². The molecular weight excluding hydrogens is 533 g/mol. The molecule has 0 aromatic heterocycles. The van der Waals surface area contributed by atoms with Crippen LogP contribution in [0.4, 0.5) is 0 Å². The van der Waals surface area contributed by atoms with Gasteiger partial charge in [0.15, 0.2) is 0 Å². The van der Waals surface area contributed by atoms with Crippen molar-refractivity contribution < 1.29 is 0 Å². The van der Waals surface area contributed by atoms with E-state index in [4.69, 9.17) is 25.5 Å². The molecule has 0 heterocycles. The third-order valence-corrected chi connectivity index (χ3v) is 3.62. The SMILES string of the molecule is C[Se]CCC[Se]C.[Cl][Bi]([Cl])[Cl]. The van der Waals surface area contributed by atoms with Crippen molar-refractivity contribution in [1.82, 2.24) is 0 Å². The normalized spacial score (nSPS) is 9.27. The minimum absolute atomic E-state index is 0.936. The van der Waals surface area contributed by atoms with Crippen LogP contribution in [0.15, 0.2) is 0 Å². The molecule has 0 aromatic rings. The zero-order chi connectivity index (χ0) is 9.11. The van der Waals surface area contributed by atoms with Crippen LogP contribution in [0, 0.1) is 0 Å². The molecule has 0 fully saturated rings. The van der Waals surface area contributed by atoms with Crippen molar-refractivity contribution in [3.05, 3.63) is 0 Å². The summed E-state index contributed by atoms with van der Waals surface area (Å²) in [5.41, 5.74) is 0. The molecule has 0 bridgehead atoms. The maximum absolute atomic E-state index is 5.01. The van der Waals surface area contributed by atoms with Crippen LogP contribution in [0.2, 0.25) is 22.3 Å². The van der Waals surface area contributed by atoms with E-state index in [0.717, 1.165) is 29.9 Å². The molecule has 0 saturated carbocycles. The molecule has 0 aliphatic rings. The molecule has 0 nitrogen and oxygen atoms in total. The molecule has 6 heteroatoms. The van der Waals surface area contributed by atoms with Crippen molar-refractivity contribution >= 4 is 73.6 Å². The Balaban J connectivity index is 0. The maximum atomic E-state index is 5.01. The Morgan fingerprint density at radius 1 is 1.00 bits per heavy atom. The average Bonchev–Trinajstić information content (AvgIpc) is 1.88. The molecule has 0 aromatic carbocycles. The summed E-state index contributed by atoms with van der Waals surface area (Å²) in [4.78, 5) is 0. The van der Waals surface area contributed by atoms with Gasteiger partial charge in [-0.1, -0.05) is 0 Å². The first-order valence-corrected chi connectivity index (χ1v) is 21.6. The summed E-state index contributed by atoms with van der Waals surface area (Å²) < 4.78 is 0. The zero-order valence-corrected chi connectivity index (χ0v) is 15.7. The van der Waals surface area contributed by atoms with Crippen LogP contribution >= 0.6 is 25.5 Å². The minimum atomic E-state index is -2.18. The van der Waals surface area contributed by atoms with Gasteiger partial charge in [-0.3, -0.25) is 0 Å². The molecule has 70 valence electrons. The molecule has 0 spiro atoms. The number of rotatable bonds is 4. The van der Waals surface area contributed by atoms with Gasteiger partial charge in [0.1, 0.15) is 0 Å². The molecule has 0 amide bonds. The van der Waals surface area contributed by atoms with Gasteiger partial charge in [-0.15, -0.1) is 0 Å². The van der Waals surface area contributed by atoms with Crippen molar-refractivity contribution in [2.24, 2.45) is 0 Å². The van der Waals surface area contributed by atoms with Crippen molar-refractivity contribution in [1.29, 1.82) is 0 Å². The topological polar surface area (TPSA) is 0 Å². The third kappa shape index (κ3) is 32.3. The Kier molecular flexibility index (Phi) is 22.5. The fourth-order valence-corrected chi connectivity index (χ4v) is 3.09. The van der Waals surface area contributed by atoms with Crippen LogP contribution in [-0.2, 0) is 0 Å². The van der Waals surface area contributed by atoms with E-state index in [-0.39, 0.29) is 0 Å². The first-order chi connectivity index (χ1) is 5.15. The summed E-state index contributed by atoms with van der Waals surface area (Å²) in [6.07, 6.45) is 1.49. The second kappa shape index (κ2) is 15.3. The van der Waals surface area contributed by atoms with Crippen molar-refractivity contribution in [2.45, 2.75) is 28.7 Å². The average molecular weight is 545 g/mol. The van der Waals surface area contributed by atoms with E-state index in [1.165, 1.54) is 17.1 Å². The van der Waals surface area contributed by atoms with Crippen LogP contribution in [0.1, 0.15) is 6.42 Å². The van der Waals surface area contributed by atoms with Crippen LogP contribution in [-0.4, -0.2) is 48.1 Å². The van der Waals surface area contributed by atoms with E-state index >= 15 is 0 Å². The van der Waals surface area contributed by atoms with Gasteiger partial charge in [0.05, 0.1) is 0 Å². The van der Waals surface area contributed by atoms with Gasteiger partial charge in [0.2, 0.25) is 0 Å². The first kappa shape index (κ1) is 16.2. The first-order valence-electron chi connectivity index (χ1n) is 2.90. The van der Waals surface area contributed by atoms with E-state index < -0.39 is 18.2 Å². The monoisotopic (exact) mass is 546 g/mol. The van der Waals surface area contributed by atoms with E-state index in [1.807, 2.05) is 0 Å². The van der Waals surface area contributed by atoms with Gasteiger partial charge in [-0.2, -0.15) is 0 Å². The Bertz CT molecular complexity index is 58.9. The van der Waals surface area contributed by atoms with Gasteiger partial charge in [-0.05, 0) is 0 Å². The number of hydrogen-bond acceptors (Lipinski definition) is 0. The second-order valence-electron chi connectivity index (χ2n) is 1.53. The van der Waals surface area contributed by atoms with E-state index in [0.29, 0.717) is 0 Å². The summed E-state index contributed by atoms with van der Waals surface area (Å²) in [7, 11) is 15.0. The Hall–Kier alpha value is 2.79. The molecule has 0 atom stereocenters. The fraction of sp³-hybridized carbons (Fsp3) is 1.00. The van der Waals surface area contributed by atoms with Gasteiger partial charge in [-0.25, -0.2) is 0 Å². The quantitative estimate of drug-likeness (QED) is 0.376.